The van der Waals surface area contributed by atoms with Gasteiger partial charge >= 0.3 is 0 Å². The van der Waals surface area contributed by atoms with Crippen molar-refractivity contribution in [2.45, 2.75) is 13.8 Å². The minimum absolute atomic E-state index is 0.0403. The first kappa shape index (κ1) is 19.1. The zero-order valence-electron chi connectivity index (χ0n) is 15.0. The summed E-state index contributed by atoms with van der Waals surface area (Å²) in [6.07, 6.45) is 0. The molecule has 0 unspecified atom stereocenters. The highest BCUT2D eigenvalue weighted by molar-refractivity contribution is 7.73. The molecular weight excluding hydrogens is 380 g/mol. The summed E-state index contributed by atoms with van der Waals surface area (Å²) >= 11 is 6.68. The van der Waals surface area contributed by atoms with Gasteiger partial charge in [-0.3, -0.25) is 9.36 Å². The molecule has 27 heavy (non-hydrogen) atoms. The maximum absolute atomic E-state index is 12.7. The topological polar surface area (TPSA) is 65.7 Å². The van der Waals surface area contributed by atoms with Gasteiger partial charge in [-0.15, -0.1) is 11.3 Å². The van der Waals surface area contributed by atoms with Gasteiger partial charge in [-0.25, -0.2) is 0 Å². The Balaban J connectivity index is 2.03. The Labute approximate surface area is 166 Å². The fourth-order valence-electron chi connectivity index (χ4n) is 2.93. The molecule has 3 aromatic rings. The first-order chi connectivity index (χ1) is 12.9. The van der Waals surface area contributed by atoms with Crippen LogP contribution in [-0.4, -0.2) is 27.9 Å². The van der Waals surface area contributed by atoms with E-state index in [-0.39, 0.29) is 17.1 Å². The molecule has 140 valence electrons. The molecule has 0 radical (unpaired) electrons. The Morgan fingerprint density at radius 3 is 2.26 bits per heavy atom. The summed E-state index contributed by atoms with van der Waals surface area (Å²) in [4.78, 5) is 15.5. The summed E-state index contributed by atoms with van der Waals surface area (Å²) in [7, 11) is 0. The van der Waals surface area contributed by atoms with E-state index in [0.717, 1.165) is 18.8 Å². The molecular formula is C20H20N2O3S2. The molecule has 7 heteroatoms. The number of phenols is 2. The maximum atomic E-state index is 12.7. The number of phenolic OH excluding ortho intramolecular Hbond substituents is 2. The lowest BCUT2D eigenvalue weighted by molar-refractivity contribution is 0.452. The number of hydrogen-bond acceptors (Lipinski definition) is 6. The Hall–Kier alpha value is -2.64. The number of nitrogens with zero attached hydrogens (tertiary/aromatic N) is 2. The highest BCUT2D eigenvalue weighted by Gasteiger charge is 2.11. The molecule has 0 bridgehead atoms. The minimum atomic E-state index is -0.267. The molecule has 1 heterocycles. The van der Waals surface area contributed by atoms with Crippen LogP contribution in [0.2, 0.25) is 0 Å². The second kappa shape index (κ2) is 7.94. The molecule has 0 aliphatic carbocycles. The predicted octanol–water partition coefficient (Wildman–Crippen LogP) is 4.55. The molecule has 5 nitrogen and oxygen atoms in total. The number of hydrogen-bond donors (Lipinski definition) is 2. The van der Waals surface area contributed by atoms with Crippen LogP contribution in [-0.2, 0) is 0 Å². The number of aromatic nitrogens is 1. The number of benzene rings is 2. The van der Waals surface area contributed by atoms with Crippen LogP contribution in [0.5, 0.6) is 11.5 Å². The van der Waals surface area contributed by atoms with Crippen molar-refractivity contribution in [3.05, 3.63) is 62.8 Å². The highest BCUT2D eigenvalue weighted by atomic mass is 32.1. The predicted molar refractivity (Wildman–Crippen MR) is 113 cm³/mol. The lowest BCUT2D eigenvalue weighted by atomic mass is 10.1. The fourth-order valence-corrected chi connectivity index (χ4v) is 4.31. The van der Waals surface area contributed by atoms with Crippen molar-refractivity contribution in [3.8, 4) is 27.6 Å². The Kier molecular flexibility index (Phi) is 5.62. The lowest BCUT2D eigenvalue weighted by Crippen LogP contribution is -2.22. The van der Waals surface area contributed by atoms with Crippen LogP contribution in [0.25, 0.3) is 16.1 Å². The van der Waals surface area contributed by atoms with Crippen LogP contribution in [0.1, 0.15) is 13.8 Å². The Bertz CT molecular complexity index is 1040. The maximum Gasteiger partial charge on any atom is 0.258 e. The number of anilines is 1. The van der Waals surface area contributed by atoms with Crippen LogP contribution in [0.4, 0.5) is 5.69 Å². The van der Waals surface area contributed by atoms with Gasteiger partial charge < -0.3 is 15.1 Å². The molecule has 0 amide bonds. The SMILES string of the molecule is CCN(CC)c1ccc(-n2c(=O)cc(-c3ccc(O)cc3O)sc2=S)cc1. The molecule has 0 atom stereocenters. The highest BCUT2D eigenvalue weighted by Crippen LogP contribution is 2.34. The Morgan fingerprint density at radius 1 is 1.04 bits per heavy atom. The molecule has 0 saturated carbocycles. The summed E-state index contributed by atoms with van der Waals surface area (Å²) < 4.78 is 1.87. The van der Waals surface area contributed by atoms with Crippen molar-refractivity contribution >= 4 is 29.2 Å². The second-order valence-electron chi connectivity index (χ2n) is 5.94. The Morgan fingerprint density at radius 2 is 1.70 bits per heavy atom. The zero-order chi connectivity index (χ0) is 19.6. The summed E-state index contributed by atoms with van der Waals surface area (Å²) in [5.41, 5.74) is 2.00. The largest absolute Gasteiger partial charge is 0.508 e. The molecule has 0 aliphatic rings. The van der Waals surface area contributed by atoms with Gasteiger partial charge in [0.15, 0.2) is 3.95 Å². The number of aromatic hydroxyl groups is 2. The van der Waals surface area contributed by atoms with E-state index in [9.17, 15) is 15.0 Å². The smallest absolute Gasteiger partial charge is 0.258 e. The van der Waals surface area contributed by atoms with Gasteiger partial charge in [0.2, 0.25) is 0 Å². The van der Waals surface area contributed by atoms with Crippen molar-refractivity contribution in [3.63, 3.8) is 0 Å². The van der Waals surface area contributed by atoms with E-state index in [1.54, 1.807) is 6.07 Å². The molecule has 2 N–H and O–H groups in total. The van der Waals surface area contributed by atoms with Gasteiger partial charge in [-0.1, -0.05) is 0 Å². The van der Waals surface area contributed by atoms with E-state index in [0.29, 0.717) is 20.1 Å². The monoisotopic (exact) mass is 400 g/mol. The fraction of sp³-hybridized carbons (Fsp3) is 0.200. The summed E-state index contributed by atoms with van der Waals surface area (Å²) in [6.45, 7) is 6.02. The van der Waals surface area contributed by atoms with Crippen molar-refractivity contribution in [1.29, 1.82) is 0 Å². The van der Waals surface area contributed by atoms with Crippen molar-refractivity contribution in [2.75, 3.05) is 18.0 Å². The van der Waals surface area contributed by atoms with Crippen LogP contribution < -0.4 is 10.5 Å². The standard InChI is InChI=1S/C20H20N2O3S2/c1-3-21(4-2)13-5-7-14(8-6-13)22-19(25)12-18(27-20(22)26)16-10-9-15(23)11-17(16)24/h5-12,23-24H,3-4H2,1-2H3. The van der Waals surface area contributed by atoms with Crippen molar-refractivity contribution in [2.24, 2.45) is 0 Å². The molecule has 0 fully saturated rings. The number of rotatable bonds is 5. The van der Waals surface area contributed by atoms with Crippen LogP contribution in [0.3, 0.4) is 0 Å². The van der Waals surface area contributed by atoms with Gasteiger partial charge in [0.05, 0.1) is 5.69 Å². The third-order valence-corrected chi connectivity index (χ3v) is 5.69. The molecule has 0 spiro atoms. The van der Waals surface area contributed by atoms with E-state index in [1.165, 1.54) is 34.1 Å². The van der Waals surface area contributed by atoms with Gasteiger partial charge in [-0.2, -0.15) is 0 Å². The summed E-state index contributed by atoms with van der Waals surface area (Å²) in [5, 5.41) is 19.5. The zero-order valence-corrected chi connectivity index (χ0v) is 16.7. The average Bonchev–Trinajstić information content (AvgIpc) is 2.63. The first-order valence-corrected chi connectivity index (χ1v) is 9.82. The molecule has 1 aromatic heterocycles. The minimum Gasteiger partial charge on any atom is -0.508 e. The van der Waals surface area contributed by atoms with Gasteiger partial charge in [0.1, 0.15) is 11.5 Å². The van der Waals surface area contributed by atoms with E-state index in [1.807, 2.05) is 24.3 Å². The van der Waals surface area contributed by atoms with Crippen LogP contribution in [0, 0.1) is 3.95 Å². The third-order valence-electron chi connectivity index (χ3n) is 4.34. The van der Waals surface area contributed by atoms with Gasteiger partial charge in [0, 0.05) is 41.4 Å². The summed E-state index contributed by atoms with van der Waals surface area (Å²) in [6, 6.07) is 13.4. The third kappa shape index (κ3) is 3.89. The van der Waals surface area contributed by atoms with Crippen molar-refractivity contribution in [1.82, 2.24) is 4.57 Å². The molecule has 0 saturated heterocycles. The van der Waals surface area contributed by atoms with E-state index >= 15 is 0 Å². The van der Waals surface area contributed by atoms with Gasteiger partial charge in [-0.05, 0) is 62.5 Å². The second-order valence-corrected chi connectivity index (χ2v) is 7.62. The molecule has 3 rings (SSSR count). The lowest BCUT2D eigenvalue weighted by Gasteiger charge is -2.21. The van der Waals surface area contributed by atoms with Crippen molar-refractivity contribution < 1.29 is 10.2 Å². The average molecular weight is 401 g/mol. The van der Waals surface area contributed by atoms with Crippen LogP contribution >= 0.6 is 23.6 Å². The van der Waals surface area contributed by atoms with Gasteiger partial charge in [0.25, 0.3) is 5.56 Å². The van der Waals surface area contributed by atoms with Crippen LogP contribution in [0.15, 0.2) is 53.3 Å². The van der Waals surface area contributed by atoms with E-state index in [2.05, 4.69) is 18.7 Å². The first-order valence-electron chi connectivity index (χ1n) is 8.59. The van der Waals surface area contributed by atoms with E-state index in [4.69, 9.17) is 12.2 Å². The summed E-state index contributed by atoms with van der Waals surface area (Å²) in [5.74, 6) is -0.136. The quantitative estimate of drug-likeness (QED) is 0.615. The molecule has 2 aromatic carbocycles. The normalized spacial score (nSPS) is 10.7. The van der Waals surface area contributed by atoms with E-state index < -0.39 is 0 Å². The molecule has 0 aliphatic heterocycles.